The molecule has 2 N–H and O–H groups in total. The zero-order chi connectivity index (χ0) is 12.3. The molecule has 3 heteroatoms. The smallest absolute Gasteiger partial charge is 0.115 e. The monoisotopic (exact) mass is 228 g/mol. The van der Waals surface area contributed by atoms with E-state index < -0.39 is 0 Å². The first-order chi connectivity index (χ1) is 8.15. The van der Waals surface area contributed by atoms with Gasteiger partial charge in [0, 0.05) is 31.2 Å². The zero-order valence-corrected chi connectivity index (χ0v) is 10.0. The maximum absolute atomic E-state index is 9.19. The molecule has 88 valence electrons. The fraction of sp³-hybridized carbons (Fsp3) is 0.143. The standard InChI is InChI=1S/C14H16N2O/c1-16(2)13-7-3-11(4-8-13)15-12-5-9-14(17)10-6-12/h3-10,15,17H,1-2H3. The third-order valence-electron chi connectivity index (χ3n) is 2.54. The lowest BCUT2D eigenvalue weighted by molar-refractivity contribution is 0.475. The minimum absolute atomic E-state index is 0.276. The van der Waals surface area contributed by atoms with Crippen molar-refractivity contribution >= 4 is 17.1 Å². The highest BCUT2D eigenvalue weighted by atomic mass is 16.3. The van der Waals surface area contributed by atoms with Gasteiger partial charge in [-0.2, -0.15) is 0 Å². The number of hydrogen-bond donors (Lipinski definition) is 2. The Morgan fingerprint density at radius 2 is 1.29 bits per heavy atom. The van der Waals surface area contributed by atoms with Crippen LogP contribution >= 0.6 is 0 Å². The minimum Gasteiger partial charge on any atom is -0.508 e. The number of nitrogens with zero attached hydrogens (tertiary/aromatic N) is 1. The van der Waals surface area contributed by atoms with Crippen LogP contribution in [-0.2, 0) is 0 Å². The molecule has 3 nitrogen and oxygen atoms in total. The lowest BCUT2D eigenvalue weighted by Gasteiger charge is -2.13. The van der Waals surface area contributed by atoms with Crippen LogP contribution in [0.25, 0.3) is 0 Å². The second kappa shape index (κ2) is 4.78. The van der Waals surface area contributed by atoms with E-state index in [1.807, 2.05) is 38.4 Å². The van der Waals surface area contributed by atoms with Crippen molar-refractivity contribution in [1.29, 1.82) is 0 Å². The lowest BCUT2D eigenvalue weighted by Crippen LogP contribution is -2.08. The number of hydrogen-bond acceptors (Lipinski definition) is 3. The second-order valence-electron chi connectivity index (χ2n) is 4.11. The first-order valence-corrected chi connectivity index (χ1v) is 5.48. The largest absolute Gasteiger partial charge is 0.508 e. The molecular formula is C14H16N2O. The average molecular weight is 228 g/mol. The summed E-state index contributed by atoms with van der Waals surface area (Å²) in [5.41, 5.74) is 3.16. The molecule has 17 heavy (non-hydrogen) atoms. The Labute approximate surface area is 101 Å². The van der Waals surface area contributed by atoms with Crippen LogP contribution in [0.15, 0.2) is 48.5 Å². The molecule has 0 radical (unpaired) electrons. The number of phenolic OH excluding ortho intramolecular Hbond substituents is 1. The quantitative estimate of drug-likeness (QED) is 0.792. The molecule has 0 aliphatic heterocycles. The molecule has 0 unspecified atom stereocenters. The Balaban J connectivity index is 2.11. The third kappa shape index (κ3) is 2.91. The predicted octanol–water partition coefficient (Wildman–Crippen LogP) is 3.20. The van der Waals surface area contributed by atoms with Crippen LogP contribution in [0, 0.1) is 0 Å². The summed E-state index contributed by atoms with van der Waals surface area (Å²) in [4.78, 5) is 2.06. The first kappa shape index (κ1) is 11.3. The summed E-state index contributed by atoms with van der Waals surface area (Å²) < 4.78 is 0. The number of aromatic hydroxyl groups is 1. The molecule has 0 spiro atoms. The van der Waals surface area contributed by atoms with Gasteiger partial charge in [-0.25, -0.2) is 0 Å². The van der Waals surface area contributed by atoms with Crippen LogP contribution in [0.2, 0.25) is 0 Å². The molecule has 0 heterocycles. The molecule has 0 amide bonds. The van der Waals surface area contributed by atoms with Crippen LogP contribution in [0.4, 0.5) is 17.1 Å². The maximum Gasteiger partial charge on any atom is 0.115 e. The summed E-state index contributed by atoms with van der Waals surface area (Å²) in [6, 6.07) is 15.2. The minimum atomic E-state index is 0.276. The SMILES string of the molecule is CN(C)c1ccc(Nc2ccc(O)cc2)cc1. The number of anilines is 3. The van der Waals surface area contributed by atoms with Crippen molar-refractivity contribution in [2.75, 3.05) is 24.3 Å². The van der Waals surface area contributed by atoms with Gasteiger partial charge in [0.1, 0.15) is 5.75 Å². The fourth-order valence-electron chi connectivity index (χ4n) is 1.55. The molecule has 0 aliphatic rings. The maximum atomic E-state index is 9.19. The number of rotatable bonds is 3. The van der Waals surface area contributed by atoms with Gasteiger partial charge in [-0.1, -0.05) is 0 Å². The topological polar surface area (TPSA) is 35.5 Å². The van der Waals surface area contributed by atoms with Crippen molar-refractivity contribution < 1.29 is 5.11 Å². The summed E-state index contributed by atoms with van der Waals surface area (Å²) in [6.45, 7) is 0. The Kier molecular flexibility index (Phi) is 3.19. The van der Waals surface area contributed by atoms with E-state index >= 15 is 0 Å². The first-order valence-electron chi connectivity index (χ1n) is 5.48. The molecule has 0 bridgehead atoms. The highest BCUT2D eigenvalue weighted by molar-refractivity contribution is 5.63. The summed E-state index contributed by atoms with van der Waals surface area (Å²) in [6.07, 6.45) is 0. The second-order valence-corrected chi connectivity index (χ2v) is 4.11. The van der Waals surface area contributed by atoms with E-state index in [2.05, 4.69) is 22.3 Å². The van der Waals surface area contributed by atoms with E-state index in [9.17, 15) is 5.11 Å². The van der Waals surface area contributed by atoms with E-state index in [1.54, 1.807) is 12.1 Å². The van der Waals surface area contributed by atoms with Gasteiger partial charge in [0.15, 0.2) is 0 Å². The van der Waals surface area contributed by atoms with Crippen LogP contribution in [0.1, 0.15) is 0 Å². The molecule has 0 fully saturated rings. The van der Waals surface area contributed by atoms with Crippen molar-refractivity contribution in [3.8, 4) is 5.75 Å². The van der Waals surface area contributed by atoms with E-state index in [1.165, 1.54) is 5.69 Å². The number of phenols is 1. The third-order valence-corrected chi connectivity index (χ3v) is 2.54. The summed E-state index contributed by atoms with van der Waals surface area (Å²) in [5.74, 6) is 0.276. The van der Waals surface area contributed by atoms with E-state index in [-0.39, 0.29) is 5.75 Å². The van der Waals surface area contributed by atoms with Crippen LogP contribution in [0.5, 0.6) is 5.75 Å². The van der Waals surface area contributed by atoms with Crippen LogP contribution < -0.4 is 10.2 Å². The molecule has 0 saturated carbocycles. The lowest BCUT2D eigenvalue weighted by atomic mass is 10.2. The van der Waals surface area contributed by atoms with Gasteiger partial charge < -0.3 is 15.3 Å². The summed E-state index contributed by atoms with van der Waals surface area (Å²) >= 11 is 0. The zero-order valence-electron chi connectivity index (χ0n) is 10.0. The van der Waals surface area contributed by atoms with Gasteiger partial charge in [-0.3, -0.25) is 0 Å². The van der Waals surface area contributed by atoms with Gasteiger partial charge in [0.25, 0.3) is 0 Å². The van der Waals surface area contributed by atoms with Crippen molar-refractivity contribution in [1.82, 2.24) is 0 Å². The Bertz CT molecular complexity index is 475. The molecule has 0 aliphatic carbocycles. The van der Waals surface area contributed by atoms with Gasteiger partial charge in [0.2, 0.25) is 0 Å². The molecule has 0 atom stereocenters. The molecule has 0 saturated heterocycles. The molecular weight excluding hydrogens is 212 g/mol. The summed E-state index contributed by atoms with van der Waals surface area (Å²) in [5, 5.41) is 12.5. The number of nitrogens with one attached hydrogen (secondary N) is 1. The average Bonchev–Trinajstić information content (AvgIpc) is 2.33. The highest BCUT2D eigenvalue weighted by Crippen LogP contribution is 2.21. The predicted molar refractivity (Wildman–Crippen MR) is 72.2 cm³/mol. The Morgan fingerprint density at radius 1 is 0.824 bits per heavy atom. The molecule has 0 aromatic heterocycles. The van der Waals surface area contributed by atoms with Gasteiger partial charge in [-0.15, -0.1) is 0 Å². The highest BCUT2D eigenvalue weighted by Gasteiger charge is 1.97. The van der Waals surface area contributed by atoms with Gasteiger partial charge >= 0.3 is 0 Å². The van der Waals surface area contributed by atoms with Crippen LogP contribution in [0.3, 0.4) is 0 Å². The fourth-order valence-corrected chi connectivity index (χ4v) is 1.55. The molecule has 2 rings (SSSR count). The van der Waals surface area contributed by atoms with E-state index in [4.69, 9.17) is 0 Å². The van der Waals surface area contributed by atoms with Gasteiger partial charge in [0.05, 0.1) is 0 Å². The van der Waals surface area contributed by atoms with E-state index in [0.717, 1.165) is 11.4 Å². The molecule has 2 aromatic carbocycles. The Morgan fingerprint density at radius 3 is 1.76 bits per heavy atom. The van der Waals surface area contributed by atoms with Crippen molar-refractivity contribution in [3.63, 3.8) is 0 Å². The Hall–Kier alpha value is -2.16. The normalized spacial score (nSPS) is 10.0. The molecule has 2 aromatic rings. The summed E-state index contributed by atoms with van der Waals surface area (Å²) in [7, 11) is 4.03. The van der Waals surface area contributed by atoms with Crippen molar-refractivity contribution in [2.24, 2.45) is 0 Å². The van der Waals surface area contributed by atoms with Crippen LogP contribution in [-0.4, -0.2) is 19.2 Å². The van der Waals surface area contributed by atoms with Gasteiger partial charge in [-0.05, 0) is 48.5 Å². The number of benzene rings is 2. The van der Waals surface area contributed by atoms with E-state index in [0.29, 0.717) is 0 Å². The van der Waals surface area contributed by atoms with Crippen molar-refractivity contribution in [2.45, 2.75) is 0 Å². The van der Waals surface area contributed by atoms with Crippen molar-refractivity contribution in [3.05, 3.63) is 48.5 Å².